The van der Waals surface area contributed by atoms with Crippen LogP contribution in [0.25, 0.3) is 0 Å². The van der Waals surface area contributed by atoms with Crippen LogP contribution in [0.4, 0.5) is 14.5 Å². The van der Waals surface area contributed by atoms with Gasteiger partial charge in [-0.15, -0.1) is 0 Å². The zero-order chi connectivity index (χ0) is 19.1. The largest absolute Gasteiger partial charge is 0.493 e. The maximum atomic E-state index is 13.2. The van der Waals surface area contributed by atoms with Crippen molar-refractivity contribution < 1.29 is 23.0 Å². The van der Waals surface area contributed by atoms with Crippen LogP contribution in [0, 0.1) is 11.6 Å². The van der Waals surface area contributed by atoms with Gasteiger partial charge in [0.05, 0.1) is 14.2 Å². The number of ether oxygens (including phenoxy) is 2. The number of methoxy groups -OCH3 is 2. The summed E-state index contributed by atoms with van der Waals surface area (Å²) in [5, 5.41) is 2.55. The third-order valence-electron chi connectivity index (χ3n) is 3.85. The average molecular weight is 364 g/mol. The third-order valence-corrected chi connectivity index (χ3v) is 3.85. The number of rotatable bonds is 8. The van der Waals surface area contributed by atoms with Gasteiger partial charge in [0.2, 0.25) is 5.91 Å². The molecule has 0 aliphatic rings. The molecule has 7 heteroatoms. The van der Waals surface area contributed by atoms with Crippen LogP contribution in [-0.2, 0) is 11.3 Å². The summed E-state index contributed by atoms with van der Waals surface area (Å²) >= 11 is 0. The van der Waals surface area contributed by atoms with E-state index in [1.54, 1.807) is 14.2 Å². The second kappa shape index (κ2) is 9.15. The quantitative estimate of drug-likeness (QED) is 0.780. The number of carbonyl (C=O) groups excluding carboxylic acids is 1. The fourth-order valence-electron chi connectivity index (χ4n) is 2.54. The van der Waals surface area contributed by atoms with Crippen LogP contribution >= 0.6 is 0 Å². The maximum absolute atomic E-state index is 13.2. The topological polar surface area (TPSA) is 50.8 Å². The summed E-state index contributed by atoms with van der Waals surface area (Å²) in [5.41, 5.74) is 1.17. The summed E-state index contributed by atoms with van der Waals surface area (Å²) in [4.78, 5) is 14.0. The van der Waals surface area contributed by atoms with Crippen LogP contribution < -0.4 is 14.8 Å². The van der Waals surface area contributed by atoms with E-state index in [1.165, 1.54) is 6.07 Å². The number of halogens is 2. The van der Waals surface area contributed by atoms with Crippen LogP contribution in [0.15, 0.2) is 36.4 Å². The highest BCUT2D eigenvalue weighted by molar-refractivity contribution is 5.90. The van der Waals surface area contributed by atoms with Crippen molar-refractivity contribution in [1.29, 1.82) is 0 Å². The van der Waals surface area contributed by atoms with Gasteiger partial charge >= 0.3 is 0 Å². The number of benzene rings is 2. The fraction of sp³-hybridized carbons (Fsp3) is 0.316. The van der Waals surface area contributed by atoms with Crippen LogP contribution in [0.1, 0.15) is 12.0 Å². The van der Waals surface area contributed by atoms with E-state index in [0.717, 1.165) is 17.7 Å². The van der Waals surface area contributed by atoms with Crippen molar-refractivity contribution in [2.75, 3.05) is 33.1 Å². The molecule has 26 heavy (non-hydrogen) atoms. The van der Waals surface area contributed by atoms with Gasteiger partial charge < -0.3 is 19.7 Å². The Kier molecular flexibility index (Phi) is 6.91. The van der Waals surface area contributed by atoms with Crippen LogP contribution in [0.2, 0.25) is 0 Å². The van der Waals surface area contributed by atoms with Gasteiger partial charge in [-0.05, 0) is 25.2 Å². The molecule has 140 valence electrons. The number of hydrogen-bond donors (Lipinski definition) is 1. The molecular formula is C19H22F2N2O3. The van der Waals surface area contributed by atoms with Crippen LogP contribution in [0.5, 0.6) is 11.5 Å². The molecule has 0 aliphatic carbocycles. The van der Waals surface area contributed by atoms with Crippen molar-refractivity contribution in [3.8, 4) is 11.5 Å². The zero-order valence-electron chi connectivity index (χ0n) is 15.0. The highest BCUT2D eigenvalue weighted by Crippen LogP contribution is 2.31. The van der Waals surface area contributed by atoms with Gasteiger partial charge in [0, 0.05) is 36.8 Å². The molecule has 0 radical (unpaired) electrons. The molecule has 2 rings (SSSR count). The van der Waals surface area contributed by atoms with Crippen LogP contribution in [0.3, 0.4) is 0 Å². The van der Waals surface area contributed by atoms with E-state index in [4.69, 9.17) is 9.47 Å². The molecule has 0 bridgehead atoms. The molecule has 1 N–H and O–H groups in total. The lowest BCUT2D eigenvalue weighted by Gasteiger charge is -2.19. The lowest BCUT2D eigenvalue weighted by atomic mass is 10.1. The molecule has 0 saturated heterocycles. The minimum Gasteiger partial charge on any atom is -0.493 e. The molecule has 0 unspecified atom stereocenters. The molecule has 0 heterocycles. The van der Waals surface area contributed by atoms with Gasteiger partial charge in [0.15, 0.2) is 23.1 Å². The SMILES string of the molecule is COc1cccc(CN(C)CCC(=O)Nc2ccc(F)c(F)c2)c1OC. The van der Waals surface area contributed by atoms with Crippen molar-refractivity contribution in [1.82, 2.24) is 4.90 Å². The van der Waals surface area contributed by atoms with Gasteiger partial charge in [0.25, 0.3) is 0 Å². The van der Waals surface area contributed by atoms with Crippen molar-refractivity contribution in [3.63, 3.8) is 0 Å². The molecule has 0 aromatic heterocycles. The first-order valence-electron chi connectivity index (χ1n) is 8.08. The number of amides is 1. The first-order valence-corrected chi connectivity index (χ1v) is 8.08. The van der Waals surface area contributed by atoms with E-state index in [2.05, 4.69) is 5.32 Å². The van der Waals surface area contributed by atoms with Crippen molar-refractivity contribution in [2.24, 2.45) is 0 Å². The molecule has 0 spiro atoms. The van der Waals surface area contributed by atoms with E-state index in [9.17, 15) is 13.6 Å². The number of nitrogens with one attached hydrogen (secondary N) is 1. The van der Waals surface area contributed by atoms with E-state index in [0.29, 0.717) is 24.6 Å². The lowest BCUT2D eigenvalue weighted by Crippen LogP contribution is -2.24. The Labute approximate surface area is 151 Å². The molecule has 2 aromatic carbocycles. The minimum absolute atomic E-state index is 0.210. The molecular weight excluding hydrogens is 342 g/mol. The van der Waals surface area contributed by atoms with E-state index in [1.807, 2.05) is 30.1 Å². The molecule has 0 fully saturated rings. The van der Waals surface area contributed by atoms with Gasteiger partial charge in [0.1, 0.15) is 0 Å². The molecule has 0 aliphatic heterocycles. The summed E-state index contributed by atoms with van der Waals surface area (Å²) < 4.78 is 36.7. The lowest BCUT2D eigenvalue weighted by molar-refractivity contribution is -0.116. The normalized spacial score (nSPS) is 10.7. The third kappa shape index (κ3) is 5.16. The smallest absolute Gasteiger partial charge is 0.225 e. The molecule has 1 amide bonds. The van der Waals surface area contributed by atoms with Gasteiger partial charge in [-0.25, -0.2) is 8.78 Å². The van der Waals surface area contributed by atoms with Gasteiger partial charge in [-0.3, -0.25) is 4.79 Å². The summed E-state index contributed by atoms with van der Waals surface area (Å²) in [5.74, 6) is -0.914. The Balaban J connectivity index is 1.89. The highest BCUT2D eigenvalue weighted by Gasteiger charge is 2.13. The summed E-state index contributed by atoms with van der Waals surface area (Å²) in [6.07, 6.45) is 0.210. The molecule has 5 nitrogen and oxygen atoms in total. The number of hydrogen-bond acceptors (Lipinski definition) is 4. The number of carbonyl (C=O) groups is 1. The Morgan fingerprint density at radius 3 is 2.54 bits per heavy atom. The highest BCUT2D eigenvalue weighted by atomic mass is 19.2. The summed E-state index contributed by atoms with van der Waals surface area (Å²) in [6, 6.07) is 8.88. The predicted octanol–water partition coefficient (Wildman–Crippen LogP) is 3.44. The molecule has 0 saturated carbocycles. The monoisotopic (exact) mass is 364 g/mol. The second-order valence-corrected chi connectivity index (χ2v) is 5.82. The standard InChI is InChI=1S/C19H22F2N2O3/c1-23(12-13-5-4-6-17(25-2)19(13)26-3)10-9-18(24)22-14-7-8-15(20)16(21)11-14/h4-8,11H,9-10,12H2,1-3H3,(H,22,24). The molecule has 0 atom stereocenters. The second-order valence-electron chi connectivity index (χ2n) is 5.82. The van der Waals surface area contributed by atoms with E-state index >= 15 is 0 Å². The van der Waals surface area contributed by atoms with Crippen molar-refractivity contribution in [3.05, 3.63) is 53.6 Å². The Hall–Kier alpha value is -2.67. The van der Waals surface area contributed by atoms with E-state index in [-0.39, 0.29) is 18.0 Å². The number of nitrogens with zero attached hydrogens (tertiary/aromatic N) is 1. The zero-order valence-corrected chi connectivity index (χ0v) is 15.0. The van der Waals surface area contributed by atoms with Crippen molar-refractivity contribution in [2.45, 2.75) is 13.0 Å². The maximum Gasteiger partial charge on any atom is 0.225 e. The summed E-state index contributed by atoms with van der Waals surface area (Å²) in [6.45, 7) is 1.05. The Morgan fingerprint density at radius 1 is 1.12 bits per heavy atom. The predicted molar refractivity (Wildman–Crippen MR) is 95.5 cm³/mol. The fourth-order valence-corrected chi connectivity index (χ4v) is 2.54. The minimum atomic E-state index is -0.995. The number of anilines is 1. The van der Waals surface area contributed by atoms with E-state index < -0.39 is 11.6 Å². The first-order chi connectivity index (χ1) is 12.4. The molecule has 2 aromatic rings. The van der Waals surface area contributed by atoms with Crippen molar-refractivity contribution >= 4 is 11.6 Å². The Morgan fingerprint density at radius 2 is 1.88 bits per heavy atom. The first kappa shape index (κ1) is 19.7. The average Bonchev–Trinajstić information content (AvgIpc) is 2.62. The van der Waals surface area contributed by atoms with Gasteiger partial charge in [-0.1, -0.05) is 12.1 Å². The number of para-hydroxylation sites is 1. The Bertz CT molecular complexity index is 768. The van der Waals surface area contributed by atoms with Gasteiger partial charge in [-0.2, -0.15) is 0 Å². The summed E-state index contributed by atoms with van der Waals surface area (Å²) in [7, 11) is 5.04. The van der Waals surface area contributed by atoms with Crippen LogP contribution in [-0.4, -0.2) is 38.6 Å².